The standard InChI is InChI=1S/C12H17NO/c1-14-11-8-4-7-10(12(11)13)9-5-2-3-6-9/h4,7-9H,2-3,5-6,13H2,1H3. The van der Waals surface area contributed by atoms with Crippen molar-refractivity contribution in [3.8, 4) is 5.75 Å². The minimum atomic E-state index is 0.657. The molecule has 0 atom stereocenters. The number of hydrogen-bond donors (Lipinski definition) is 1. The van der Waals surface area contributed by atoms with Crippen LogP contribution in [-0.2, 0) is 0 Å². The number of benzene rings is 1. The van der Waals surface area contributed by atoms with Gasteiger partial charge in [0, 0.05) is 0 Å². The van der Waals surface area contributed by atoms with Crippen molar-refractivity contribution in [1.82, 2.24) is 0 Å². The Kier molecular flexibility index (Phi) is 2.62. The van der Waals surface area contributed by atoms with Crippen molar-refractivity contribution in [2.24, 2.45) is 0 Å². The molecule has 1 saturated carbocycles. The Balaban J connectivity index is 2.32. The Morgan fingerprint density at radius 3 is 2.64 bits per heavy atom. The van der Waals surface area contributed by atoms with Crippen LogP contribution in [-0.4, -0.2) is 7.11 Å². The van der Waals surface area contributed by atoms with Crippen molar-refractivity contribution < 1.29 is 4.74 Å². The first kappa shape index (κ1) is 9.38. The normalized spacial score (nSPS) is 17.2. The van der Waals surface area contributed by atoms with E-state index < -0.39 is 0 Å². The van der Waals surface area contributed by atoms with Crippen LogP contribution in [0.15, 0.2) is 18.2 Å². The largest absolute Gasteiger partial charge is 0.495 e. The van der Waals surface area contributed by atoms with Crippen LogP contribution in [0.2, 0.25) is 0 Å². The molecule has 2 nitrogen and oxygen atoms in total. The third kappa shape index (κ3) is 1.57. The zero-order valence-corrected chi connectivity index (χ0v) is 8.62. The summed E-state index contributed by atoms with van der Waals surface area (Å²) in [7, 11) is 1.67. The molecule has 2 rings (SSSR count). The Labute approximate surface area is 85.1 Å². The molecule has 1 aliphatic carbocycles. The first-order valence-electron chi connectivity index (χ1n) is 5.25. The van der Waals surface area contributed by atoms with Gasteiger partial charge in [-0.1, -0.05) is 25.0 Å². The summed E-state index contributed by atoms with van der Waals surface area (Å²) in [5.41, 5.74) is 8.16. The lowest BCUT2D eigenvalue weighted by atomic mass is 9.96. The predicted molar refractivity (Wildman–Crippen MR) is 58.6 cm³/mol. The van der Waals surface area contributed by atoms with Gasteiger partial charge in [0.15, 0.2) is 0 Å². The summed E-state index contributed by atoms with van der Waals surface area (Å²) in [5.74, 6) is 1.47. The molecule has 1 aromatic carbocycles. The second-order valence-electron chi connectivity index (χ2n) is 3.94. The predicted octanol–water partition coefficient (Wildman–Crippen LogP) is 2.94. The minimum Gasteiger partial charge on any atom is -0.495 e. The van der Waals surface area contributed by atoms with Crippen molar-refractivity contribution in [1.29, 1.82) is 0 Å². The van der Waals surface area contributed by atoms with Gasteiger partial charge in [-0.05, 0) is 30.4 Å². The quantitative estimate of drug-likeness (QED) is 0.729. The van der Waals surface area contributed by atoms with E-state index in [0.717, 1.165) is 11.4 Å². The zero-order valence-electron chi connectivity index (χ0n) is 8.62. The molecule has 0 heterocycles. The minimum absolute atomic E-state index is 0.657. The number of nitrogens with two attached hydrogens (primary N) is 1. The Morgan fingerprint density at radius 2 is 2.00 bits per heavy atom. The smallest absolute Gasteiger partial charge is 0.142 e. The highest BCUT2D eigenvalue weighted by Crippen LogP contribution is 2.39. The van der Waals surface area contributed by atoms with Crippen LogP contribution in [0.25, 0.3) is 0 Å². The summed E-state index contributed by atoms with van der Waals surface area (Å²) < 4.78 is 5.22. The second-order valence-corrected chi connectivity index (χ2v) is 3.94. The van der Waals surface area contributed by atoms with Gasteiger partial charge in [0.1, 0.15) is 5.75 Å². The van der Waals surface area contributed by atoms with Gasteiger partial charge >= 0.3 is 0 Å². The van der Waals surface area contributed by atoms with Gasteiger partial charge in [0.05, 0.1) is 12.8 Å². The molecule has 0 aliphatic heterocycles. The summed E-state index contributed by atoms with van der Waals surface area (Å²) in [6, 6.07) is 6.09. The molecule has 2 N–H and O–H groups in total. The van der Waals surface area contributed by atoms with Crippen molar-refractivity contribution >= 4 is 5.69 Å². The second kappa shape index (κ2) is 3.91. The Hall–Kier alpha value is -1.18. The topological polar surface area (TPSA) is 35.2 Å². The molecule has 1 fully saturated rings. The molecular weight excluding hydrogens is 174 g/mol. The maximum atomic E-state index is 6.05. The Bertz CT molecular complexity index is 316. The van der Waals surface area contributed by atoms with Gasteiger partial charge in [-0.3, -0.25) is 0 Å². The number of rotatable bonds is 2. The van der Waals surface area contributed by atoms with E-state index in [4.69, 9.17) is 10.5 Å². The number of nitrogen functional groups attached to an aromatic ring is 1. The molecule has 0 radical (unpaired) electrons. The molecule has 0 amide bonds. The van der Waals surface area contributed by atoms with Crippen molar-refractivity contribution in [3.63, 3.8) is 0 Å². The molecule has 14 heavy (non-hydrogen) atoms. The molecule has 2 heteroatoms. The summed E-state index contributed by atoms with van der Waals surface area (Å²) in [6.07, 6.45) is 5.22. The fraction of sp³-hybridized carbons (Fsp3) is 0.500. The number of ether oxygens (including phenoxy) is 1. The average molecular weight is 191 g/mol. The van der Waals surface area contributed by atoms with Crippen LogP contribution in [0.3, 0.4) is 0 Å². The molecule has 1 aliphatic rings. The zero-order chi connectivity index (χ0) is 9.97. The van der Waals surface area contributed by atoms with Gasteiger partial charge in [-0.2, -0.15) is 0 Å². The number of methoxy groups -OCH3 is 1. The lowest BCUT2D eigenvalue weighted by Crippen LogP contribution is -2.01. The molecule has 1 aromatic rings. The van der Waals surface area contributed by atoms with Crippen LogP contribution in [0.1, 0.15) is 37.2 Å². The average Bonchev–Trinajstić information content (AvgIpc) is 2.71. The van der Waals surface area contributed by atoms with E-state index in [1.807, 2.05) is 12.1 Å². The summed E-state index contributed by atoms with van der Waals surface area (Å²) in [5, 5.41) is 0. The van der Waals surface area contributed by atoms with Gasteiger partial charge < -0.3 is 10.5 Å². The lowest BCUT2D eigenvalue weighted by Gasteiger charge is -2.14. The van der Waals surface area contributed by atoms with Crippen molar-refractivity contribution in [2.45, 2.75) is 31.6 Å². The van der Waals surface area contributed by atoms with E-state index in [0.29, 0.717) is 5.92 Å². The SMILES string of the molecule is COc1cccc(C2CCCC2)c1N. The molecule has 0 aromatic heterocycles. The molecule has 76 valence electrons. The van der Waals surface area contributed by atoms with Crippen molar-refractivity contribution in [2.75, 3.05) is 12.8 Å². The number of hydrogen-bond acceptors (Lipinski definition) is 2. The number of para-hydroxylation sites is 1. The van der Waals surface area contributed by atoms with E-state index in [9.17, 15) is 0 Å². The molecule has 0 bridgehead atoms. The molecule has 0 saturated heterocycles. The fourth-order valence-corrected chi connectivity index (χ4v) is 2.33. The van der Waals surface area contributed by atoms with E-state index >= 15 is 0 Å². The maximum absolute atomic E-state index is 6.05. The first-order valence-corrected chi connectivity index (χ1v) is 5.25. The van der Waals surface area contributed by atoms with Crippen LogP contribution in [0.5, 0.6) is 5.75 Å². The van der Waals surface area contributed by atoms with Gasteiger partial charge in [-0.25, -0.2) is 0 Å². The number of anilines is 1. The van der Waals surface area contributed by atoms with Crippen LogP contribution < -0.4 is 10.5 Å². The van der Waals surface area contributed by atoms with E-state index in [1.165, 1.54) is 31.2 Å². The van der Waals surface area contributed by atoms with Crippen LogP contribution >= 0.6 is 0 Å². The summed E-state index contributed by atoms with van der Waals surface area (Å²) in [6.45, 7) is 0. The maximum Gasteiger partial charge on any atom is 0.142 e. The van der Waals surface area contributed by atoms with Crippen LogP contribution in [0, 0.1) is 0 Å². The summed E-state index contributed by atoms with van der Waals surface area (Å²) in [4.78, 5) is 0. The molecular formula is C12H17NO. The third-order valence-electron chi connectivity index (χ3n) is 3.11. The lowest BCUT2D eigenvalue weighted by molar-refractivity contribution is 0.416. The van der Waals surface area contributed by atoms with Crippen molar-refractivity contribution in [3.05, 3.63) is 23.8 Å². The van der Waals surface area contributed by atoms with Gasteiger partial charge in [-0.15, -0.1) is 0 Å². The first-order chi connectivity index (χ1) is 6.83. The van der Waals surface area contributed by atoms with E-state index in [2.05, 4.69) is 6.07 Å². The third-order valence-corrected chi connectivity index (χ3v) is 3.11. The summed E-state index contributed by atoms with van der Waals surface area (Å²) >= 11 is 0. The highest BCUT2D eigenvalue weighted by Gasteiger charge is 2.20. The van der Waals surface area contributed by atoms with E-state index in [-0.39, 0.29) is 0 Å². The van der Waals surface area contributed by atoms with Gasteiger partial charge in [0.25, 0.3) is 0 Å². The molecule has 0 unspecified atom stereocenters. The van der Waals surface area contributed by atoms with Gasteiger partial charge in [0.2, 0.25) is 0 Å². The fourth-order valence-electron chi connectivity index (χ4n) is 2.33. The highest BCUT2D eigenvalue weighted by molar-refractivity contribution is 5.59. The van der Waals surface area contributed by atoms with Crippen LogP contribution in [0.4, 0.5) is 5.69 Å². The molecule has 0 spiro atoms. The monoisotopic (exact) mass is 191 g/mol. The highest BCUT2D eigenvalue weighted by atomic mass is 16.5. The Morgan fingerprint density at radius 1 is 1.29 bits per heavy atom. The van der Waals surface area contributed by atoms with E-state index in [1.54, 1.807) is 7.11 Å².